The van der Waals surface area contributed by atoms with Crippen molar-refractivity contribution >= 4 is 5.91 Å². The van der Waals surface area contributed by atoms with Crippen molar-refractivity contribution in [3.05, 3.63) is 35.9 Å². The van der Waals surface area contributed by atoms with E-state index in [1.165, 1.54) is 5.56 Å². The molecule has 1 atom stereocenters. The van der Waals surface area contributed by atoms with Gasteiger partial charge in [-0.25, -0.2) is 5.48 Å². The summed E-state index contributed by atoms with van der Waals surface area (Å²) in [6, 6.07) is 10.2. The Morgan fingerprint density at radius 3 is 2.53 bits per heavy atom. The van der Waals surface area contributed by atoms with E-state index in [1.807, 2.05) is 18.2 Å². The molecule has 17 heavy (non-hydrogen) atoms. The highest BCUT2D eigenvalue weighted by atomic mass is 16.6. The molecule has 0 spiro atoms. The van der Waals surface area contributed by atoms with Crippen molar-refractivity contribution in [2.24, 2.45) is 11.7 Å². The molecule has 0 aromatic heterocycles. The number of hydrogen-bond donors (Lipinski definition) is 2. The fourth-order valence-electron chi connectivity index (χ4n) is 1.71. The van der Waals surface area contributed by atoms with Crippen LogP contribution in [0.15, 0.2) is 30.3 Å². The summed E-state index contributed by atoms with van der Waals surface area (Å²) in [6.45, 7) is 4.88. The maximum Gasteiger partial charge on any atom is 0.245 e. The van der Waals surface area contributed by atoms with Gasteiger partial charge in [-0.15, -0.1) is 0 Å². The normalized spacial score (nSPS) is 12.6. The molecular weight excluding hydrogens is 216 g/mol. The number of carbonyl (C=O) groups excluding carboxylic acids is 1. The molecule has 0 fully saturated rings. The molecule has 0 saturated heterocycles. The first-order chi connectivity index (χ1) is 8.11. The van der Waals surface area contributed by atoms with Gasteiger partial charge in [0.05, 0.1) is 0 Å². The third kappa shape index (κ3) is 4.97. The molecule has 1 aromatic carbocycles. The highest BCUT2D eigenvalue weighted by Gasteiger charge is 2.15. The molecule has 1 unspecified atom stereocenters. The van der Waals surface area contributed by atoms with Crippen LogP contribution in [0, 0.1) is 5.92 Å². The van der Waals surface area contributed by atoms with Crippen molar-refractivity contribution in [2.75, 3.05) is 13.2 Å². The predicted molar refractivity (Wildman–Crippen MR) is 67.2 cm³/mol. The standard InChI is InChI=1S/C13H20N2O2/c1-10(2)12(8-15-17-9-13(14)16)11-6-4-3-5-7-11/h3-7,10,12,15H,8-9H2,1-2H3,(H2,14,16). The van der Waals surface area contributed by atoms with Gasteiger partial charge in [-0.3, -0.25) is 9.63 Å². The molecular formula is C13H20N2O2. The number of nitrogens with one attached hydrogen (secondary N) is 1. The van der Waals surface area contributed by atoms with Gasteiger partial charge in [0.25, 0.3) is 0 Å². The molecule has 0 aliphatic heterocycles. The number of amides is 1. The Morgan fingerprint density at radius 1 is 1.35 bits per heavy atom. The van der Waals surface area contributed by atoms with E-state index in [2.05, 4.69) is 31.5 Å². The molecule has 0 aliphatic rings. The number of rotatable bonds is 7. The highest BCUT2D eigenvalue weighted by Crippen LogP contribution is 2.23. The van der Waals surface area contributed by atoms with Gasteiger partial charge in [0.2, 0.25) is 5.91 Å². The van der Waals surface area contributed by atoms with Crippen LogP contribution in [-0.2, 0) is 9.63 Å². The smallest absolute Gasteiger partial charge is 0.245 e. The monoisotopic (exact) mass is 236 g/mol. The maximum atomic E-state index is 10.5. The molecule has 3 N–H and O–H groups in total. The summed E-state index contributed by atoms with van der Waals surface area (Å²) in [5.74, 6) is 0.365. The molecule has 94 valence electrons. The number of hydrogen-bond acceptors (Lipinski definition) is 3. The summed E-state index contributed by atoms with van der Waals surface area (Å²) in [5, 5.41) is 0. The second kappa shape index (κ2) is 7.04. The number of benzene rings is 1. The lowest BCUT2D eigenvalue weighted by Gasteiger charge is -2.21. The van der Waals surface area contributed by atoms with Gasteiger partial charge >= 0.3 is 0 Å². The Hall–Kier alpha value is -1.39. The van der Waals surface area contributed by atoms with Gasteiger partial charge in [-0.05, 0) is 11.5 Å². The Kier molecular flexibility index (Phi) is 5.66. The summed E-state index contributed by atoms with van der Waals surface area (Å²) in [4.78, 5) is 15.5. The molecule has 4 nitrogen and oxygen atoms in total. The fraction of sp³-hybridized carbons (Fsp3) is 0.462. The quantitative estimate of drug-likeness (QED) is 0.556. The number of nitrogens with two attached hydrogens (primary N) is 1. The van der Waals surface area contributed by atoms with Crippen LogP contribution in [0.25, 0.3) is 0 Å². The van der Waals surface area contributed by atoms with Gasteiger partial charge in [-0.1, -0.05) is 44.2 Å². The van der Waals surface area contributed by atoms with Crippen LogP contribution in [0.1, 0.15) is 25.3 Å². The van der Waals surface area contributed by atoms with E-state index < -0.39 is 5.91 Å². The number of carbonyl (C=O) groups is 1. The van der Waals surface area contributed by atoms with E-state index in [1.54, 1.807) is 0 Å². The second-order valence-electron chi connectivity index (χ2n) is 4.36. The summed E-state index contributed by atoms with van der Waals surface area (Å²) in [5.41, 5.74) is 9.03. The van der Waals surface area contributed by atoms with Crippen molar-refractivity contribution in [3.8, 4) is 0 Å². The summed E-state index contributed by atoms with van der Waals surface area (Å²) in [6.07, 6.45) is 0. The lowest BCUT2D eigenvalue weighted by atomic mass is 9.89. The molecule has 0 saturated carbocycles. The second-order valence-corrected chi connectivity index (χ2v) is 4.36. The average Bonchev–Trinajstić information content (AvgIpc) is 2.29. The van der Waals surface area contributed by atoms with E-state index >= 15 is 0 Å². The van der Waals surface area contributed by atoms with Crippen LogP contribution in [0.3, 0.4) is 0 Å². The van der Waals surface area contributed by atoms with Crippen molar-refractivity contribution in [1.29, 1.82) is 0 Å². The molecule has 1 aromatic rings. The maximum absolute atomic E-state index is 10.5. The van der Waals surface area contributed by atoms with Crippen molar-refractivity contribution < 1.29 is 9.63 Å². The summed E-state index contributed by atoms with van der Waals surface area (Å²) < 4.78 is 0. The van der Waals surface area contributed by atoms with Crippen molar-refractivity contribution in [2.45, 2.75) is 19.8 Å². The van der Waals surface area contributed by atoms with Crippen LogP contribution in [0.2, 0.25) is 0 Å². The fourth-order valence-corrected chi connectivity index (χ4v) is 1.71. The van der Waals surface area contributed by atoms with E-state index in [-0.39, 0.29) is 6.61 Å². The largest absolute Gasteiger partial charge is 0.368 e. The number of hydroxylamine groups is 1. The van der Waals surface area contributed by atoms with Crippen molar-refractivity contribution in [3.63, 3.8) is 0 Å². The number of primary amides is 1. The van der Waals surface area contributed by atoms with E-state index in [9.17, 15) is 4.79 Å². The zero-order valence-corrected chi connectivity index (χ0v) is 10.3. The Balaban J connectivity index is 2.48. The van der Waals surface area contributed by atoms with E-state index in [0.29, 0.717) is 18.4 Å². The third-order valence-electron chi connectivity index (χ3n) is 2.65. The minimum absolute atomic E-state index is 0.0976. The average molecular weight is 236 g/mol. The van der Waals surface area contributed by atoms with Crippen molar-refractivity contribution in [1.82, 2.24) is 5.48 Å². The van der Waals surface area contributed by atoms with Crippen LogP contribution in [-0.4, -0.2) is 19.1 Å². The molecule has 1 rings (SSSR count). The van der Waals surface area contributed by atoms with Gasteiger partial charge < -0.3 is 5.73 Å². The minimum Gasteiger partial charge on any atom is -0.368 e. The molecule has 0 aliphatic carbocycles. The van der Waals surface area contributed by atoms with Crippen LogP contribution in [0.5, 0.6) is 0 Å². The van der Waals surface area contributed by atoms with Crippen LogP contribution >= 0.6 is 0 Å². The lowest BCUT2D eigenvalue weighted by Crippen LogP contribution is -2.29. The summed E-state index contributed by atoms with van der Waals surface area (Å²) >= 11 is 0. The summed E-state index contributed by atoms with van der Waals surface area (Å²) in [7, 11) is 0. The lowest BCUT2D eigenvalue weighted by molar-refractivity contribution is -0.125. The Morgan fingerprint density at radius 2 is 2.00 bits per heavy atom. The molecule has 1 amide bonds. The minimum atomic E-state index is -0.474. The first-order valence-electron chi connectivity index (χ1n) is 5.79. The zero-order valence-electron chi connectivity index (χ0n) is 10.3. The van der Waals surface area contributed by atoms with E-state index in [0.717, 1.165) is 0 Å². The molecule has 4 heteroatoms. The van der Waals surface area contributed by atoms with E-state index in [4.69, 9.17) is 10.6 Å². The SMILES string of the molecule is CC(C)C(CNOCC(N)=O)c1ccccc1. The predicted octanol–water partition coefficient (Wildman–Crippen LogP) is 1.43. The highest BCUT2D eigenvalue weighted by molar-refractivity contribution is 5.74. The van der Waals surface area contributed by atoms with Gasteiger partial charge in [-0.2, -0.15) is 0 Å². The third-order valence-corrected chi connectivity index (χ3v) is 2.65. The molecule has 0 bridgehead atoms. The Labute approximate surface area is 102 Å². The Bertz CT molecular complexity index is 339. The first kappa shape index (κ1) is 13.7. The first-order valence-corrected chi connectivity index (χ1v) is 5.79. The topological polar surface area (TPSA) is 64.3 Å². The van der Waals surface area contributed by atoms with Crippen LogP contribution < -0.4 is 11.2 Å². The molecule has 0 heterocycles. The zero-order chi connectivity index (χ0) is 12.7. The van der Waals surface area contributed by atoms with Gasteiger partial charge in [0, 0.05) is 12.5 Å². The van der Waals surface area contributed by atoms with Gasteiger partial charge in [0.15, 0.2) is 0 Å². The van der Waals surface area contributed by atoms with Gasteiger partial charge in [0.1, 0.15) is 6.61 Å². The molecule has 0 radical (unpaired) electrons. The van der Waals surface area contributed by atoms with Crippen LogP contribution in [0.4, 0.5) is 0 Å².